The Morgan fingerprint density at radius 3 is 2.29 bits per heavy atom. The van der Waals surface area contributed by atoms with Crippen LogP contribution in [0.3, 0.4) is 0 Å². The van der Waals surface area contributed by atoms with E-state index >= 15 is 0 Å². The van der Waals surface area contributed by atoms with E-state index in [1.807, 2.05) is 0 Å². The van der Waals surface area contributed by atoms with E-state index < -0.39 is 0 Å². The van der Waals surface area contributed by atoms with Gasteiger partial charge >= 0.3 is 0 Å². The third kappa shape index (κ3) is 3.43. The third-order valence-corrected chi connectivity index (χ3v) is 3.77. The van der Waals surface area contributed by atoms with E-state index in [-0.39, 0.29) is 0 Å². The van der Waals surface area contributed by atoms with Crippen molar-refractivity contribution in [1.82, 2.24) is 0 Å². The molecule has 1 aliphatic rings. The van der Waals surface area contributed by atoms with Crippen molar-refractivity contribution in [2.75, 3.05) is 12.3 Å². The van der Waals surface area contributed by atoms with Crippen LogP contribution in [0.25, 0.3) is 0 Å². The molecule has 0 saturated heterocycles. The Kier molecular flexibility index (Phi) is 4.41. The molecule has 0 radical (unpaired) electrons. The minimum absolute atomic E-state index is 0.491. The second-order valence-corrected chi connectivity index (χ2v) is 5.44. The first-order valence-electron chi connectivity index (χ1n) is 6.04. The largest absolute Gasteiger partial charge is 0.490 e. The Morgan fingerprint density at radius 1 is 1.12 bits per heavy atom. The summed E-state index contributed by atoms with van der Waals surface area (Å²) in [5, 5.41) is 0.983. The van der Waals surface area contributed by atoms with Crippen LogP contribution in [0.15, 0.2) is 12.1 Å². The molecule has 1 aromatic carbocycles. The quantitative estimate of drug-likeness (QED) is 0.821. The molecule has 0 aromatic heterocycles. The Bertz CT molecular complexity index is 366. The lowest BCUT2D eigenvalue weighted by Crippen LogP contribution is -2.15. The fourth-order valence-corrected chi connectivity index (χ4v) is 2.89. The molecule has 0 bridgehead atoms. The summed E-state index contributed by atoms with van der Waals surface area (Å²) >= 11 is 12.1. The molecule has 1 saturated carbocycles. The molecule has 0 unspecified atom stereocenters. The maximum absolute atomic E-state index is 6.06. The molecule has 0 aliphatic heterocycles. The van der Waals surface area contributed by atoms with Gasteiger partial charge in [-0.05, 0) is 30.9 Å². The van der Waals surface area contributed by atoms with Crippen molar-refractivity contribution in [2.45, 2.75) is 32.1 Å². The summed E-state index contributed by atoms with van der Waals surface area (Å²) in [7, 11) is 0. The molecule has 4 heteroatoms. The molecule has 1 fully saturated rings. The monoisotopic (exact) mass is 273 g/mol. The molecule has 1 aromatic rings. The second-order valence-electron chi connectivity index (χ2n) is 4.63. The zero-order valence-corrected chi connectivity index (χ0v) is 11.2. The minimum atomic E-state index is 0.491. The van der Waals surface area contributed by atoms with E-state index in [1.54, 1.807) is 12.1 Å². The summed E-state index contributed by atoms with van der Waals surface area (Å²) in [4.78, 5) is 0. The molecule has 17 heavy (non-hydrogen) atoms. The number of ether oxygens (including phenoxy) is 1. The lowest BCUT2D eigenvalue weighted by Gasteiger charge is -2.22. The van der Waals surface area contributed by atoms with Gasteiger partial charge in [-0.2, -0.15) is 0 Å². The fourth-order valence-electron chi connectivity index (χ4n) is 2.27. The lowest BCUT2D eigenvalue weighted by molar-refractivity contribution is 0.209. The van der Waals surface area contributed by atoms with Gasteiger partial charge in [0.15, 0.2) is 5.75 Å². The summed E-state index contributed by atoms with van der Waals surface area (Å²) in [5.74, 6) is 1.20. The normalized spacial score (nSPS) is 17.1. The average Bonchev–Trinajstić information content (AvgIpc) is 2.29. The fraction of sp³-hybridized carbons (Fsp3) is 0.538. The standard InChI is InChI=1S/C13H17Cl2NO/c14-11-6-10(16)7-12(15)13(11)17-8-9-4-2-1-3-5-9/h6-7,9H,1-5,8,16H2. The molecule has 0 atom stereocenters. The summed E-state index contributed by atoms with van der Waals surface area (Å²) < 4.78 is 5.74. The second kappa shape index (κ2) is 5.83. The molecule has 2 rings (SSSR count). The van der Waals surface area contributed by atoms with E-state index in [0.717, 1.165) is 0 Å². The van der Waals surface area contributed by atoms with Crippen LogP contribution in [0.4, 0.5) is 5.69 Å². The van der Waals surface area contributed by atoms with Crippen molar-refractivity contribution in [3.05, 3.63) is 22.2 Å². The zero-order valence-electron chi connectivity index (χ0n) is 9.72. The molecule has 0 amide bonds. The highest BCUT2D eigenvalue weighted by atomic mass is 35.5. The van der Waals surface area contributed by atoms with Crippen LogP contribution >= 0.6 is 23.2 Å². The Morgan fingerprint density at radius 2 is 1.71 bits per heavy atom. The van der Waals surface area contributed by atoms with Gasteiger partial charge in [-0.25, -0.2) is 0 Å². The molecule has 0 spiro atoms. The summed E-state index contributed by atoms with van der Waals surface area (Å²) in [6.07, 6.45) is 6.43. The lowest BCUT2D eigenvalue weighted by atomic mass is 9.90. The van der Waals surface area contributed by atoms with Crippen LogP contribution in [0.5, 0.6) is 5.75 Å². The molecular formula is C13H17Cl2NO. The number of hydrogen-bond donors (Lipinski definition) is 1. The van der Waals surface area contributed by atoms with Crippen molar-refractivity contribution >= 4 is 28.9 Å². The number of rotatable bonds is 3. The van der Waals surface area contributed by atoms with Crippen molar-refractivity contribution in [3.8, 4) is 5.75 Å². The van der Waals surface area contributed by atoms with Gasteiger partial charge in [-0.15, -0.1) is 0 Å². The smallest absolute Gasteiger partial charge is 0.156 e. The average molecular weight is 274 g/mol. The summed E-state index contributed by atoms with van der Waals surface area (Å²) in [6, 6.07) is 3.34. The Hall–Kier alpha value is -0.600. The van der Waals surface area contributed by atoms with Crippen molar-refractivity contribution in [3.63, 3.8) is 0 Å². The van der Waals surface area contributed by atoms with Gasteiger partial charge < -0.3 is 10.5 Å². The summed E-state index contributed by atoms with van der Waals surface area (Å²) in [6.45, 7) is 0.698. The highest BCUT2D eigenvalue weighted by molar-refractivity contribution is 6.37. The van der Waals surface area contributed by atoms with Gasteiger partial charge in [0.1, 0.15) is 0 Å². The number of benzene rings is 1. The van der Waals surface area contributed by atoms with Gasteiger partial charge in [-0.3, -0.25) is 0 Å². The van der Waals surface area contributed by atoms with Gasteiger partial charge in [0.2, 0.25) is 0 Å². The van der Waals surface area contributed by atoms with Crippen molar-refractivity contribution < 1.29 is 4.74 Å². The number of nitrogens with two attached hydrogens (primary N) is 1. The van der Waals surface area contributed by atoms with Gasteiger partial charge in [-0.1, -0.05) is 42.5 Å². The first-order valence-corrected chi connectivity index (χ1v) is 6.79. The van der Waals surface area contributed by atoms with Gasteiger partial charge in [0.05, 0.1) is 16.7 Å². The molecule has 1 aliphatic carbocycles. The number of halogens is 2. The molecular weight excluding hydrogens is 257 g/mol. The highest BCUT2D eigenvalue weighted by Crippen LogP contribution is 2.36. The SMILES string of the molecule is Nc1cc(Cl)c(OCC2CCCCC2)c(Cl)c1. The first kappa shape index (κ1) is 12.8. The minimum Gasteiger partial charge on any atom is -0.490 e. The van der Waals surface area contributed by atoms with Gasteiger partial charge in [0, 0.05) is 5.69 Å². The number of hydrogen-bond acceptors (Lipinski definition) is 2. The number of anilines is 1. The highest BCUT2D eigenvalue weighted by Gasteiger charge is 2.16. The van der Waals surface area contributed by atoms with Crippen LogP contribution < -0.4 is 10.5 Å². The van der Waals surface area contributed by atoms with Crippen LogP contribution in [-0.4, -0.2) is 6.61 Å². The Balaban J connectivity index is 1.98. The number of nitrogen functional groups attached to an aromatic ring is 1. The molecule has 2 N–H and O–H groups in total. The van der Waals surface area contributed by atoms with Crippen LogP contribution in [0, 0.1) is 5.92 Å². The van der Waals surface area contributed by atoms with E-state index in [9.17, 15) is 0 Å². The summed E-state index contributed by atoms with van der Waals surface area (Å²) in [5.41, 5.74) is 6.20. The van der Waals surface area contributed by atoms with E-state index in [1.165, 1.54) is 32.1 Å². The molecule has 94 valence electrons. The maximum atomic E-state index is 6.06. The van der Waals surface area contributed by atoms with Crippen LogP contribution in [0.1, 0.15) is 32.1 Å². The van der Waals surface area contributed by atoms with Crippen molar-refractivity contribution in [2.24, 2.45) is 5.92 Å². The molecule has 0 heterocycles. The predicted octanol–water partition coefficient (Wildman–Crippen LogP) is 4.53. The molecule has 2 nitrogen and oxygen atoms in total. The zero-order chi connectivity index (χ0) is 12.3. The topological polar surface area (TPSA) is 35.2 Å². The first-order chi connectivity index (χ1) is 8.16. The van der Waals surface area contributed by atoms with Gasteiger partial charge in [0.25, 0.3) is 0 Å². The third-order valence-electron chi connectivity index (χ3n) is 3.21. The van der Waals surface area contributed by atoms with E-state index in [4.69, 9.17) is 33.7 Å². The van der Waals surface area contributed by atoms with Crippen LogP contribution in [0.2, 0.25) is 10.0 Å². The van der Waals surface area contributed by atoms with Crippen molar-refractivity contribution in [1.29, 1.82) is 0 Å². The van der Waals surface area contributed by atoms with Crippen LogP contribution in [-0.2, 0) is 0 Å². The Labute approximate surface area is 112 Å². The van der Waals surface area contributed by atoms with E-state index in [2.05, 4.69) is 0 Å². The maximum Gasteiger partial charge on any atom is 0.156 e. The predicted molar refractivity (Wildman–Crippen MR) is 72.9 cm³/mol. The van der Waals surface area contributed by atoms with E-state index in [0.29, 0.717) is 34.0 Å².